The number of amides is 2. The molecular weight excluding hydrogens is 504 g/mol. The Bertz CT molecular complexity index is 1550. The van der Waals surface area contributed by atoms with Crippen LogP contribution in [0, 0.1) is 6.92 Å². The Morgan fingerprint density at radius 1 is 1.10 bits per heavy atom. The number of carbonyl (C=O) groups excluding carboxylic acids is 2. The molecule has 2 heterocycles. The third-order valence-electron chi connectivity index (χ3n) is 8.33. The second kappa shape index (κ2) is 10.7. The van der Waals surface area contributed by atoms with E-state index in [4.69, 9.17) is 5.10 Å². The van der Waals surface area contributed by atoms with E-state index in [9.17, 15) is 9.59 Å². The maximum Gasteiger partial charge on any atom is 0.412 e. The molecule has 0 bridgehead atoms. The van der Waals surface area contributed by atoms with Gasteiger partial charge in [0.1, 0.15) is 11.6 Å². The van der Waals surface area contributed by atoms with E-state index in [0.29, 0.717) is 24.7 Å². The van der Waals surface area contributed by atoms with Crippen molar-refractivity contribution in [3.05, 3.63) is 72.2 Å². The summed E-state index contributed by atoms with van der Waals surface area (Å²) < 4.78 is 6.53. The molecule has 2 aromatic carbocycles. The quantitative estimate of drug-likeness (QED) is 0.319. The largest absolute Gasteiger partial charge is 0.453 e. The van der Waals surface area contributed by atoms with Crippen LogP contribution in [-0.4, -0.2) is 56.3 Å². The molecule has 40 heavy (non-hydrogen) atoms. The highest BCUT2D eigenvalue weighted by atomic mass is 16.5. The molecule has 0 saturated heterocycles. The van der Waals surface area contributed by atoms with Gasteiger partial charge in [0.05, 0.1) is 19.1 Å². The number of methoxy groups -OCH3 is 1. The van der Waals surface area contributed by atoms with E-state index in [1.807, 2.05) is 11.6 Å². The zero-order valence-electron chi connectivity index (χ0n) is 23.0. The number of hydrogen-bond acceptors (Lipinski definition) is 6. The lowest BCUT2D eigenvalue weighted by Gasteiger charge is -2.33. The van der Waals surface area contributed by atoms with Gasteiger partial charge in [0.25, 0.3) is 0 Å². The number of nitrogens with zero attached hydrogens (tertiary/aromatic N) is 5. The van der Waals surface area contributed by atoms with E-state index in [-0.39, 0.29) is 11.9 Å². The first-order valence-corrected chi connectivity index (χ1v) is 14.0. The van der Waals surface area contributed by atoms with Crippen molar-refractivity contribution >= 4 is 28.6 Å². The molecule has 9 heteroatoms. The zero-order chi connectivity index (χ0) is 27.7. The van der Waals surface area contributed by atoms with Crippen molar-refractivity contribution in [2.75, 3.05) is 19.0 Å². The minimum Gasteiger partial charge on any atom is -0.453 e. The van der Waals surface area contributed by atoms with E-state index in [2.05, 4.69) is 67.4 Å². The van der Waals surface area contributed by atoms with Crippen LogP contribution in [0.4, 0.5) is 10.6 Å². The minimum atomic E-state index is -0.590. The lowest BCUT2D eigenvalue weighted by atomic mass is 9.89. The van der Waals surface area contributed by atoms with Crippen molar-refractivity contribution in [1.82, 2.24) is 24.6 Å². The third kappa shape index (κ3) is 4.92. The number of hydrogen-bond donors (Lipinski definition) is 1. The number of fused-ring (bicyclic) bond motifs is 1. The fourth-order valence-corrected chi connectivity index (χ4v) is 6.06. The van der Waals surface area contributed by atoms with Crippen LogP contribution in [0.1, 0.15) is 49.9 Å². The van der Waals surface area contributed by atoms with Gasteiger partial charge < -0.3 is 9.64 Å². The normalized spacial score (nSPS) is 16.1. The highest BCUT2D eigenvalue weighted by molar-refractivity contribution is 5.98. The first-order valence-electron chi connectivity index (χ1n) is 14.0. The molecule has 1 N–H and O–H groups in total. The summed E-state index contributed by atoms with van der Waals surface area (Å²) in [7, 11) is 1.30. The van der Waals surface area contributed by atoms with Crippen molar-refractivity contribution in [2.45, 2.75) is 63.5 Å². The van der Waals surface area contributed by atoms with Crippen LogP contribution in [-0.2, 0) is 21.5 Å². The van der Waals surface area contributed by atoms with Crippen molar-refractivity contribution < 1.29 is 14.3 Å². The van der Waals surface area contributed by atoms with Gasteiger partial charge in [-0.3, -0.25) is 10.1 Å². The second-order valence-corrected chi connectivity index (χ2v) is 10.8. The van der Waals surface area contributed by atoms with Gasteiger partial charge in [-0.2, -0.15) is 5.10 Å². The van der Waals surface area contributed by atoms with E-state index in [1.165, 1.54) is 17.9 Å². The lowest BCUT2D eigenvalue weighted by Crippen LogP contribution is -2.46. The van der Waals surface area contributed by atoms with Crippen LogP contribution < -0.4 is 5.32 Å². The summed E-state index contributed by atoms with van der Waals surface area (Å²) in [5, 5.41) is 9.68. The predicted molar refractivity (Wildman–Crippen MR) is 153 cm³/mol. The second-order valence-electron chi connectivity index (χ2n) is 10.8. The van der Waals surface area contributed by atoms with Gasteiger partial charge in [0, 0.05) is 24.3 Å². The van der Waals surface area contributed by atoms with Gasteiger partial charge in [-0.15, -0.1) is 0 Å². The Hall–Kier alpha value is -4.27. The molecule has 0 atom stereocenters. The fraction of sp³-hybridized carbons (Fsp3) is 0.387. The highest BCUT2D eigenvalue weighted by Crippen LogP contribution is 2.52. The Kier molecular flexibility index (Phi) is 6.96. The number of carbonyl (C=O) groups is 2. The summed E-state index contributed by atoms with van der Waals surface area (Å²) in [5.41, 5.74) is 1.46. The number of aromatic nitrogens is 4. The molecule has 0 radical (unpaired) electrons. The average Bonchev–Trinajstić information content (AvgIpc) is 3.43. The molecule has 0 spiro atoms. The topological polar surface area (TPSA) is 102 Å². The van der Waals surface area contributed by atoms with Crippen LogP contribution >= 0.6 is 0 Å². The van der Waals surface area contributed by atoms with Gasteiger partial charge >= 0.3 is 6.09 Å². The van der Waals surface area contributed by atoms with E-state index in [0.717, 1.165) is 55.5 Å². The molecule has 2 fully saturated rings. The molecule has 9 nitrogen and oxygen atoms in total. The molecular formula is C31H34N6O3. The summed E-state index contributed by atoms with van der Waals surface area (Å²) in [6.45, 7) is 3.07. The number of ether oxygens (including phenoxy) is 1. The van der Waals surface area contributed by atoms with Gasteiger partial charge in [0.15, 0.2) is 5.82 Å². The van der Waals surface area contributed by atoms with Crippen molar-refractivity contribution in [1.29, 1.82) is 0 Å². The summed E-state index contributed by atoms with van der Waals surface area (Å²) in [6, 6.07) is 18.5. The number of pyridine rings is 1. The molecule has 6 rings (SSSR count). The van der Waals surface area contributed by atoms with E-state index < -0.39 is 11.5 Å². The highest BCUT2D eigenvalue weighted by Gasteiger charge is 2.54. The van der Waals surface area contributed by atoms with Crippen molar-refractivity contribution in [3.63, 3.8) is 0 Å². The number of anilines is 1. The number of aryl methyl sites for hydroxylation is 1. The van der Waals surface area contributed by atoms with Crippen LogP contribution in [0.15, 0.2) is 60.8 Å². The molecule has 2 amide bonds. The SMILES string of the molecule is COC(=O)Nc1cc(-c2nc(C)n(CCN(C(=O)C3(c4cccc5ccccc45)CC3)C3CCCC3)n2)ccn1. The van der Waals surface area contributed by atoms with E-state index >= 15 is 0 Å². The van der Waals surface area contributed by atoms with E-state index in [1.54, 1.807) is 18.3 Å². The molecule has 2 saturated carbocycles. The van der Waals surface area contributed by atoms with Gasteiger partial charge in [0.2, 0.25) is 5.91 Å². The Balaban J connectivity index is 1.24. The summed E-state index contributed by atoms with van der Waals surface area (Å²) in [4.78, 5) is 36.9. The number of rotatable bonds is 8. The summed E-state index contributed by atoms with van der Waals surface area (Å²) in [6.07, 6.45) is 7.20. The molecule has 0 unspecified atom stereocenters. The molecule has 0 aliphatic heterocycles. The molecule has 2 aliphatic rings. The van der Waals surface area contributed by atoms with Crippen molar-refractivity contribution in [2.24, 2.45) is 0 Å². The Morgan fingerprint density at radius 2 is 1.88 bits per heavy atom. The average molecular weight is 539 g/mol. The van der Waals surface area contributed by atoms with Gasteiger partial charge in [-0.25, -0.2) is 19.4 Å². The maximum atomic E-state index is 14.4. The van der Waals surface area contributed by atoms with Crippen LogP contribution in [0.5, 0.6) is 0 Å². The standard InChI is InChI=1S/C31H34N6O3/c1-21-33-28(23-14-17-32-27(20-23)34-30(39)40-2)35-37(21)19-18-36(24-10-4-5-11-24)29(38)31(15-16-31)26-13-7-9-22-8-3-6-12-25(22)26/h3,6-9,12-14,17,20,24H,4-5,10-11,15-16,18-19H2,1-2H3,(H,32,34,39). The van der Waals surface area contributed by atoms with Gasteiger partial charge in [-0.05, 0) is 61.1 Å². The number of benzene rings is 2. The predicted octanol–water partition coefficient (Wildman–Crippen LogP) is 5.48. The first kappa shape index (κ1) is 26.0. The summed E-state index contributed by atoms with van der Waals surface area (Å²) in [5.74, 6) is 1.92. The number of nitrogens with one attached hydrogen (secondary N) is 1. The molecule has 4 aromatic rings. The van der Waals surface area contributed by atoms with Crippen LogP contribution in [0.3, 0.4) is 0 Å². The summed E-state index contributed by atoms with van der Waals surface area (Å²) >= 11 is 0. The Labute approximate surface area is 233 Å². The fourth-order valence-electron chi connectivity index (χ4n) is 6.06. The van der Waals surface area contributed by atoms with Crippen LogP contribution in [0.2, 0.25) is 0 Å². The Morgan fingerprint density at radius 3 is 2.65 bits per heavy atom. The van der Waals surface area contributed by atoms with Crippen molar-refractivity contribution in [3.8, 4) is 11.4 Å². The maximum absolute atomic E-state index is 14.4. The smallest absolute Gasteiger partial charge is 0.412 e. The molecule has 2 aromatic heterocycles. The monoisotopic (exact) mass is 538 g/mol. The molecule has 2 aliphatic carbocycles. The lowest BCUT2D eigenvalue weighted by molar-refractivity contribution is -0.136. The van der Waals surface area contributed by atoms with Crippen LogP contribution in [0.25, 0.3) is 22.2 Å². The minimum absolute atomic E-state index is 0.251. The first-order chi connectivity index (χ1) is 19.5. The third-order valence-corrected chi connectivity index (χ3v) is 8.33. The molecule has 206 valence electrons. The zero-order valence-corrected chi connectivity index (χ0v) is 23.0. The van der Waals surface area contributed by atoms with Gasteiger partial charge in [-0.1, -0.05) is 55.3 Å².